The van der Waals surface area contributed by atoms with Gasteiger partial charge in [0.25, 0.3) is 0 Å². The van der Waals surface area contributed by atoms with Gasteiger partial charge in [0.15, 0.2) is 0 Å². The van der Waals surface area contributed by atoms with Gasteiger partial charge in [-0.15, -0.1) is 0 Å². The van der Waals surface area contributed by atoms with Gasteiger partial charge in [0.2, 0.25) is 0 Å². The lowest BCUT2D eigenvalue weighted by atomic mass is 10.3. The van der Waals surface area contributed by atoms with E-state index < -0.39 is 0 Å². The number of aromatic nitrogens is 4. The highest BCUT2D eigenvalue weighted by Gasteiger charge is 2.27. The van der Waals surface area contributed by atoms with Crippen LogP contribution in [0.3, 0.4) is 0 Å². The van der Waals surface area contributed by atoms with Gasteiger partial charge in [0.1, 0.15) is 11.9 Å². The predicted octanol–water partition coefficient (Wildman–Crippen LogP) is 1.85. The largest absolute Gasteiger partial charge is 0.458 e. The fourth-order valence-electron chi connectivity index (χ4n) is 2.43. The van der Waals surface area contributed by atoms with E-state index >= 15 is 0 Å². The molecule has 0 aliphatic carbocycles. The SMILES string of the molecule is Cc1cnc(OC2CCN(c3nc(C)cnc3C)C2)nc1. The van der Waals surface area contributed by atoms with Gasteiger partial charge in [-0.05, 0) is 26.3 Å². The molecule has 0 saturated carbocycles. The van der Waals surface area contributed by atoms with Gasteiger partial charge in [0, 0.05) is 31.6 Å². The minimum absolute atomic E-state index is 0.0921. The minimum Gasteiger partial charge on any atom is -0.458 e. The molecule has 0 radical (unpaired) electrons. The average molecular weight is 285 g/mol. The highest BCUT2D eigenvalue weighted by atomic mass is 16.5. The second kappa shape index (κ2) is 5.63. The molecule has 110 valence electrons. The second-order valence-electron chi connectivity index (χ2n) is 5.44. The van der Waals surface area contributed by atoms with Crippen LogP contribution in [0.2, 0.25) is 0 Å². The van der Waals surface area contributed by atoms with Gasteiger partial charge in [-0.3, -0.25) is 4.98 Å². The molecule has 21 heavy (non-hydrogen) atoms. The number of ether oxygens (including phenoxy) is 1. The highest BCUT2D eigenvalue weighted by Crippen LogP contribution is 2.22. The lowest BCUT2D eigenvalue weighted by molar-refractivity contribution is 0.206. The molecule has 3 heterocycles. The van der Waals surface area contributed by atoms with Crippen LogP contribution in [-0.2, 0) is 0 Å². The van der Waals surface area contributed by atoms with Crippen LogP contribution in [-0.4, -0.2) is 39.1 Å². The first-order valence-electron chi connectivity index (χ1n) is 7.12. The lowest BCUT2D eigenvalue weighted by Crippen LogP contribution is -2.26. The number of hydrogen-bond donors (Lipinski definition) is 0. The maximum atomic E-state index is 5.84. The maximum Gasteiger partial charge on any atom is 0.316 e. The monoisotopic (exact) mass is 285 g/mol. The highest BCUT2D eigenvalue weighted by molar-refractivity contribution is 5.44. The van der Waals surface area contributed by atoms with Gasteiger partial charge < -0.3 is 9.64 Å². The molecule has 0 spiro atoms. The third-order valence-electron chi connectivity index (χ3n) is 3.52. The van der Waals surface area contributed by atoms with E-state index in [4.69, 9.17) is 4.74 Å². The Balaban J connectivity index is 1.67. The van der Waals surface area contributed by atoms with Crippen molar-refractivity contribution in [3.63, 3.8) is 0 Å². The minimum atomic E-state index is 0.0921. The summed E-state index contributed by atoms with van der Waals surface area (Å²) >= 11 is 0. The molecule has 1 saturated heterocycles. The molecular weight excluding hydrogens is 266 g/mol. The van der Waals surface area contributed by atoms with E-state index in [1.54, 1.807) is 18.6 Å². The fourth-order valence-corrected chi connectivity index (χ4v) is 2.43. The molecule has 0 amide bonds. The van der Waals surface area contributed by atoms with E-state index in [2.05, 4.69) is 24.8 Å². The lowest BCUT2D eigenvalue weighted by Gasteiger charge is -2.19. The van der Waals surface area contributed by atoms with Gasteiger partial charge in [-0.25, -0.2) is 15.0 Å². The van der Waals surface area contributed by atoms with Gasteiger partial charge in [0.05, 0.1) is 17.9 Å². The quantitative estimate of drug-likeness (QED) is 0.857. The molecule has 1 aliphatic rings. The molecule has 6 nitrogen and oxygen atoms in total. The Bertz CT molecular complexity index is 628. The van der Waals surface area contributed by atoms with E-state index in [1.807, 2.05) is 20.8 Å². The molecule has 0 N–H and O–H groups in total. The van der Waals surface area contributed by atoms with Gasteiger partial charge in [-0.1, -0.05) is 0 Å². The molecule has 1 fully saturated rings. The molecule has 1 atom stereocenters. The number of anilines is 1. The summed E-state index contributed by atoms with van der Waals surface area (Å²) in [6.45, 7) is 7.60. The summed E-state index contributed by atoms with van der Waals surface area (Å²) in [4.78, 5) is 19.6. The Labute approximate surface area is 124 Å². The van der Waals surface area contributed by atoms with Crippen LogP contribution in [0.5, 0.6) is 6.01 Å². The van der Waals surface area contributed by atoms with Crippen molar-refractivity contribution in [1.29, 1.82) is 0 Å². The first-order chi connectivity index (χ1) is 10.1. The summed E-state index contributed by atoms with van der Waals surface area (Å²) in [5.41, 5.74) is 2.91. The van der Waals surface area contributed by atoms with Crippen molar-refractivity contribution in [3.8, 4) is 6.01 Å². The second-order valence-corrected chi connectivity index (χ2v) is 5.44. The van der Waals surface area contributed by atoms with Crippen LogP contribution < -0.4 is 9.64 Å². The molecule has 6 heteroatoms. The molecular formula is C15H19N5O. The standard InChI is InChI=1S/C15H19N5O/c1-10-6-17-15(18-7-10)21-13-4-5-20(9-13)14-12(3)16-8-11(2)19-14/h6-8,13H,4-5,9H2,1-3H3. The summed E-state index contributed by atoms with van der Waals surface area (Å²) in [6, 6.07) is 0.444. The zero-order valence-corrected chi connectivity index (χ0v) is 12.6. The maximum absolute atomic E-state index is 5.84. The van der Waals surface area contributed by atoms with E-state index in [9.17, 15) is 0 Å². The zero-order valence-electron chi connectivity index (χ0n) is 12.6. The zero-order chi connectivity index (χ0) is 14.8. The third-order valence-corrected chi connectivity index (χ3v) is 3.52. The number of nitrogens with zero attached hydrogens (tertiary/aromatic N) is 5. The number of aryl methyl sites for hydroxylation is 3. The number of rotatable bonds is 3. The van der Waals surface area contributed by atoms with Crippen LogP contribution in [0.25, 0.3) is 0 Å². The van der Waals surface area contributed by atoms with Crippen molar-refractivity contribution in [1.82, 2.24) is 19.9 Å². The molecule has 1 unspecified atom stereocenters. The number of hydrogen-bond acceptors (Lipinski definition) is 6. The smallest absolute Gasteiger partial charge is 0.316 e. The van der Waals surface area contributed by atoms with Crippen LogP contribution in [0.1, 0.15) is 23.4 Å². The Morgan fingerprint density at radius 2 is 1.86 bits per heavy atom. The summed E-state index contributed by atoms with van der Waals surface area (Å²) in [5, 5.41) is 0. The van der Waals surface area contributed by atoms with Crippen LogP contribution in [0.4, 0.5) is 5.82 Å². The van der Waals surface area contributed by atoms with Crippen LogP contribution in [0.15, 0.2) is 18.6 Å². The summed E-state index contributed by atoms with van der Waals surface area (Å²) in [6.07, 6.45) is 6.36. The van der Waals surface area contributed by atoms with E-state index in [0.717, 1.165) is 42.3 Å². The first kappa shape index (κ1) is 13.7. The molecule has 0 bridgehead atoms. The van der Waals surface area contributed by atoms with Crippen LogP contribution >= 0.6 is 0 Å². The summed E-state index contributed by atoms with van der Waals surface area (Å²) < 4.78 is 5.84. The molecule has 0 aromatic carbocycles. The fraction of sp³-hybridized carbons (Fsp3) is 0.467. The molecule has 2 aromatic heterocycles. The predicted molar refractivity (Wildman–Crippen MR) is 79.5 cm³/mol. The van der Waals surface area contributed by atoms with E-state index in [1.165, 1.54) is 0 Å². The third kappa shape index (κ3) is 3.09. The van der Waals surface area contributed by atoms with E-state index in [0.29, 0.717) is 6.01 Å². The summed E-state index contributed by atoms with van der Waals surface area (Å²) in [5.74, 6) is 0.950. The topological polar surface area (TPSA) is 64.0 Å². The van der Waals surface area contributed by atoms with Gasteiger partial charge >= 0.3 is 6.01 Å². The molecule has 2 aromatic rings. The Hall–Kier alpha value is -2.24. The first-order valence-corrected chi connectivity index (χ1v) is 7.12. The molecule has 1 aliphatic heterocycles. The van der Waals surface area contributed by atoms with Crippen molar-refractivity contribution in [2.75, 3.05) is 18.0 Å². The van der Waals surface area contributed by atoms with Crippen molar-refractivity contribution >= 4 is 5.82 Å². The van der Waals surface area contributed by atoms with E-state index in [-0.39, 0.29) is 6.10 Å². The average Bonchev–Trinajstić information content (AvgIpc) is 2.92. The summed E-state index contributed by atoms with van der Waals surface area (Å²) in [7, 11) is 0. The van der Waals surface area contributed by atoms with Crippen molar-refractivity contribution < 1.29 is 4.74 Å². The van der Waals surface area contributed by atoms with Gasteiger partial charge in [-0.2, -0.15) is 0 Å². The molecule has 3 rings (SSSR count). The normalized spacial score (nSPS) is 18.0. The van der Waals surface area contributed by atoms with Crippen molar-refractivity contribution in [3.05, 3.63) is 35.5 Å². The Morgan fingerprint density at radius 3 is 2.62 bits per heavy atom. The Kier molecular flexibility index (Phi) is 3.68. The Morgan fingerprint density at radius 1 is 1.10 bits per heavy atom. The van der Waals surface area contributed by atoms with Crippen molar-refractivity contribution in [2.24, 2.45) is 0 Å². The van der Waals surface area contributed by atoms with Crippen molar-refractivity contribution in [2.45, 2.75) is 33.3 Å². The van der Waals surface area contributed by atoms with Crippen LogP contribution in [0, 0.1) is 20.8 Å².